The minimum Gasteiger partial charge on any atom is -0.497 e. The van der Waals surface area contributed by atoms with Crippen molar-refractivity contribution in [3.63, 3.8) is 0 Å². The average molecular weight is 447 g/mol. The zero-order chi connectivity index (χ0) is 23.5. The van der Waals surface area contributed by atoms with Crippen LogP contribution in [-0.4, -0.2) is 45.3 Å². The highest BCUT2D eigenvalue weighted by atomic mass is 16.5. The van der Waals surface area contributed by atoms with Crippen molar-refractivity contribution in [1.29, 1.82) is 0 Å². The van der Waals surface area contributed by atoms with E-state index >= 15 is 0 Å². The van der Waals surface area contributed by atoms with Gasteiger partial charge in [0.2, 0.25) is 0 Å². The molecule has 0 amide bonds. The van der Waals surface area contributed by atoms with Gasteiger partial charge in [0.25, 0.3) is 0 Å². The van der Waals surface area contributed by atoms with E-state index in [4.69, 9.17) is 29.2 Å². The maximum atomic E-state index is 5.58. The minimum absolute atomic E-state index is 0.0308. The molecule has 2 aliphatic heterocycles. The molecule has 172 valence electrons. The van der Waals surface area contributed by atoms with Crippen LogP contribution in [0.4, 0.5) is 0 Å². The van der Waals surface area contributed by atoms with Gasteiger partial charge in [-0.1, -0.05) is 12.1 Å². The number of methoxy groups -OCH3 is 3. The number of ether oxygens (including phenoxy) is 3. The van der Waals surface area contributed by atoms with Crippen molar-refractivity contribution >= 4 is 17.9 Å². The van der Waals surface area contributed by atoms with Gasteiger partial charge in [0.05, 0.1) is 45.8 Å². The number of nitrogens with one attached hydrogen (secondary N) is 1. The van der Waals surface area contributed by atoms with Gasteiger partial charge < -0.3 is 19.5 Å². The molecule has 2 aliphatic rings. The number of nitrogens with zero attached hydrogens (tertiary/aromatic N) is 3. The first-order valence-electron chi connectivity index (χ1n) is 10.9. The van der Waals surface area contributed by atoms with Crippen LogP contribution >= 0.6 is 0 Å². The largest absolute Gasteiger partial charge is 0.497 e. The van der Waals surface area contributed by atoms with Crippen molar-refractivity contribution < 1.29 is 14.2 Å². The highest BCUT2D eigenvalue weighted by molar-refractivity contribution is 6.13. The van der Waals surface area contributed by atoms with E-state index in [-0.39, 0.29) is 12.0 Å². The molecular weight excluding hydrogens is 416 g/mol. The number of hydrogen-bond acceptors (Lipinski definition) is 6. The van der Waals surface area contributed by atoms with Crippen LogP contribution < -0.4 is 19.5 Å². The number of fused-ring (bicyclic) bond motifs is 1. The summed E-state index contributed by atoms with van der Waals surface area (Å²) in [5.74, 6) is 3.18. The maximum absolute atomic E-state index is 5.58. The molecule has 7 nitrogen and oxygen atoms in total. The monoisotopic (exact) mass is 446 g/mol. The first kappa shape index (κ1) is 22.6. The molecule has 0 aliphatic carbocycles. The van der Waals surface area contributed by atoms with Gasteiger partial charge in [-0.2, -0.15) is 0 Å². The van der Waals surface area contributed by atoms with E-state index in [1.807, 2.05) is 31.2 Å². The van der Waals surface area contributed by atoms with Gasteiger partial charge in [-0.05, 0) is 44.5 Å². The summed E-state index contributed by atoms with van der Waals surface area (Å²) in [6, 6.07) is 9.68. The highest BCUT2D eigenvalue weighted by Gasteiger charge is 2.35. The van der Waals surface area contributed by atoms with E-state index in [2.05, 4.69) is 31.3 Å². The molecule has 0 bridgehead atoms. The van der Waals surface area contributed by atoms with E-state index in [1.165, 1.54) is 0 Å². The number of amidine groups is 1. The van der Waals surface area contributed by atoms with Crippen LogP contribution in [0.15, 0.2) is 57.1 Å². The molecule has 0 spiro atoms. The lowest BCUT2D eigenvalue weighted by molar-refractivity contribution is 0.391. The summed E-state index contributed by atoms with van der Waals surface area (Å²) in [6.07, 6.45) is 3.85. The SMILES string of the molecule is COc1ccc(CN=C2NC=NC3C(c4c(C)ccc(OC)c4C)=NC(C)=CC23)c(OC)c1. The van der Waals surface area contributed by atoms with E-state index in [9.17, 15) is 0 Å². The first-order valence-corrected chi connectivity index (χ1v) is 10.9. The third-order valence-corrected chi connectivity index (χ3v) is 6.11. The van der Waals surface area contributed by atoms with Crippen LogP contribution in [0.2, 0.25) is 0 Å². The first-order chi connectivity index (χ1) is 16.0. The minimum atomic E-state index is -0.157. The zero-order valence-corrected chi connectivity index (χ0v) is 20.0. The second-order valence-electron chi connectivity index (χ2n) is 8.16. The highest BCUT2D eigenvalue weighted by Crippen LogP contribution is 2.33. The van der Waals surface area contributed by atoms with Gasteiger partial charge in [0.15, 0.2) is 0 Å². The van der Waals surface area contributed by atoms with E-state index in [0.29, 0.717) is 6.54 Å². The number of allylic oxidation sites excluding steroid dienone is 1. The summed E-state index contributed by atoms with van der Waals surface area (Å²) in [5.41, 5.74) is 6.18. The lowest BCUT2D eigenvalue weighted by Gasteiger charge is -2.32. The lowest BCUT2D eigenvalue weighted by atomic mass is 9.84. The fourth-order valence-electron chi connectivity index (χ4n) is 4.44. The predicted molar refractivity (Wildman–Crippen MR) is 132 cm³/mol. The molecule has 2 heterocycles. The fourth-order valence-corrected chi connectivity index (χ4v) is 4.44. The standard InChI is InChI=1S/C26H30N4O3/c1-15-7-10-21(32-5)17(3)23(15)25-24-20(11-16(2)30-25)26(29-14-28-24)27-13-18-8-9-19(31-4)12-22(18)33-6/h7-12,14,20,24H,13H2,1-6H3,(H,27,28,29). The van der Waals surface area contributed by atoms with Gasteiger partial charge in [-0.15, -0.1) is 0 Å². The Labute approximate surface area is 194 Å². The maximum Gasteiger partial charge on any atom is 0.127 e. The van der Waals surface area contributed by atoms with Crippen LogP contribution in [0.5, 0.6) is 17.2 Å². The Morgan fingerprint density at radius 1 is 0.970 bits per heavy atom. The molecule has 33 heavy (non-hydrogen) atoms. The zero-order valence-electron chi connectivity index (χ0n) is 20.0. The molecular formula is C26H30N4O3. The molecule has 2 atom stereocenters. The quantitative estimate of drug-likeness (QED) is 0.720. The van der Waals surface area contributed by atoms with E-state index in [1.54, 1.807) is 27.7 Å². The Bertz CT molecular complexity index is 1180. The summed E-state index contributed by atoms with van der Waals surface area (Å²) in [7, 11) is 4.99. The van der Waals surface area contributed by atoms with Crippen LogP contribution in [0, 0.1) is 19.8 Å². The predicted octanol–water partition coefficient (Wildman–Crippen LogP) is 4.25. The van der Waals surface area contributed by atoms with Gasteiger partial charge in [0.1, 0.15) is 29.1 Å². The Balaban J connectivity index is 1.69. The molecule has 0 radical (unpaired) electrons. The molecule has 0 saturated heterocycles. The summed E-state index contributed by atoms with van der Waals surface area (Å²) >= 11 is 0. The van der Waals surface area contributed by atoms with Crippen molar-refractivity contribution in [3.05, 3.63) is 64.4 Å². The van der Waals surface area contributed by atoms with Crippen LogP contribution in [0.3, 0.4) is 0 Å². The fraction of sp³-hybridized carbons (Fsp3) is 0.346. The second-order valence-corrected chi connectivity index (χ2v) is 8.16. The molecule has 2 aromatic carbocycles. The van der Waals surface area contributed by atoms with E-state index < -0.39 is 0 Å². The summed E-state index contributed by atoms with van der Waals surface area (Å²) in [5, 5.41) is 3.26. The number of rotatable bonds is 6. The molecule has 0 fully saturated rings. The third kappa shape index (κ3) is 4.35. The molecule has 1 N–H and O–H groups in total. The smallest absolute Gasteiger partial charge is 0.127 e. The van der Waals surface area contributed by atoms with Gasteiger partial charge in [-0.25, -0.2) is 0 Å². The molecule has 0 aromatic heterocycles. The van der Waals surface area contributed by atoms with Crippen LogP contribution in [0.25, 0.3) is 0 Å². The molecule has 7 heteroatoms. The lowest BCUT2D eigenvalue weighted by Crippen LogP contribution is -2.46. The number of aryl methyl sites for hydroxylation is 1. The Hall–Kier alpha value is -3.61. The van der Waals surface area contributed by atoms with Crippen molar-refractivity contribution in [2.75, 3.05) is 21.3 Å². The van der Waals surface area contributed by atoms with Gasteiger partial charge in [0, 0.05) is 28.5 Å². The molecule has 0 saturated carbocycles. The van der Waals surface area contributed by atoms with Crippen molar-refractivity contribution in [2.45, 2.75) is 33.4 Å². The summed E-state index contributed by atoms with van der Waals surface area (Å²) < 4.78 is 16.4. The van der Waals surface area contributed by atoms with E-state index in [0.717, 1.165) is 56.7 Å². The van der Waals surface area contributed by atoms with Gasteiger partial charge >= 0.3 is 0 Å². The van der Waals surface area contributed by atoms with Crippen molar-refractivity contribution in [3.8, 4) is 17.2 Å². The molecule has 2 unspecified atom stereocenters. The Morgan fingerprint density at radius 3 is 2.48 bits per heavy atom. The van der Waals surface area contributed by atoms with Gasteiger partial charge in [-0.3, -0.25) is 15.0 Å². The topological polar surface area (TPSA) is 76.8 Å². The third-order valence-electron chi connectivity index (χ3n) is 6.11. The number of benzene rings is 2. The van der Waals surface area contributed by atoms with Crippen molar-refractivity contribution in [1.82, 2.24) is 5.32 Å². The summed E-state index contributed by atoms with van der Waals surface area (Å²) in [4.78, 5) is 14.6. The number of hydrogen-bond donors (Lipinski definition) is 1. The van der Waals surface area contributed by atoms with Crippen LogP contribution in [-0.2, 0) is 6.54 Å². The molecule has 2 aromatic rings. The molecule has 4 rings (SSSR count). The number of aliphatic imine (C=N–C) groups is 3. The second kappa shape index (κ2) is 9.48. The van der Waals surface area contributed by atoms with Crippen LogP contribution in [0.1, 0.15) is 29.2 Å². The Morgan fingerprint density at radius 2 is 1.76 bits per heavy atom. The Kier molecular flexibility index (Phi) is 6.49. The average Bonchev–Trinajstić information content (AvgIpc) is 2.82. The van der Waals surface area contributed by atoms with Crippen molar-refractivity contribution in [2.24, 2.45) is 20.9 Å². The normalized spacial score (nSPS) is 20.5. The summed E-state index contributed by atoms with van der Waals surface area (Å²) in [6.45, 7) is 6.66.